The van der Waals surface area contributed by atoms with Crippen molar-refractivity contribution in [2.45, 2.75) is 0 Å². The molecule has 0 bridgehead atoms. The van der Waals surface area contributed by atoms with Crippen molar-refractivity contribution >= 4 is 38.9 Å². The summed E-state index contributed by atoms with van der Waals surface area (Å²) in [5.41, 5.74) is 2.17. The number of anilines is 1. The van der Waals surface area contributed by atoms with Crippen LogP contribution in [0.1, 0.15) is 10.4 Å². The summed E-state index contributed by atoms with van der Waals surface area (Å²) >= 11 is 4.81. The number of nitrogens with zero attached hydrogens (tertiary/aromatic N) is 4. The molecule has 0 atom stereocenters. The highest BCUT2D eigenvalue weighted by atomic mass is 79.9. The number of thiophene rings is 1. The van der Waals surface area contributed by atoms with Crippen LogP contribution in [0, 0.1) is 0 Å². The topological polar surface area (TPSA) is 72.7 Å². The Bertz CT molecular complexity index is 723. The molecule has 3 aromatic rings. The summed E-state index contributed by atoms with van der Waals surface area (Å²) in [7, 11) is 0. The maximum Gasteiger partial charge on any atom is 0.256 e. The van der Waals surface area contributed by atoms with Gasteiger partial charge in [-0.25, -0.2) is 4.68 Å². The van der Waals surface area contributed by atoms with Crippen molar-refractivity contribution in [3.63, 3.8) is 0 Å². The van der Waals surface area contributed by atoms with Crippen molar-refractivity contribution in [2.75, 3.05) is 5.32 Å². The third-order valence-corrected chi connectivity index (χ3v) is 4.07. The number of nitrogens with one attached hydrogen (secondary N) is 1. The van der Waals surface area contributed by atoms with Gasteiger partial charge in [0.2, 0.25) is 0 Å². The molecule has 6 nitrogen and oxygen atoms in total. The first-order valence-corrected chi connectivity index (χ1v) is 7.28. The minimum absolute atomic E-state index is 0.137. The van der Waals surface area contributed by atoms with Gasteiger partial charge in [0.25, 0.3) is 5.91 Å². The van der Waals surface area contributed by atoms with Crippen LogP contribution in [0.5, 0.6) is 0 Å². The van der Waals surface area contributed by atoms with E-state index in [1.165, 1.54) is 17.7 Å². The van der Waals surface area contributed by atoms with E-state index >= 15 is 0 Å². The lowest BCUT2D eigenvalue weighted by Gasteiger charge is -2.05. The first-order chi connectivity index (χ1) is 9.72. The molecule has 0 radical (unpaired) electrons. The van der Waals surface area contributed by atoms with E-state index in [9.17, 15) is 4.79 Å². The van der Waals surface area contributed by atoms with Gasteiger partial charge in [-0.3, -0.25) is 4.79 Å². The Hall–Kier alpha value is -2.06. The smallest absolute Gasteiger partial charge is 0.256 e. The molecular formula is C12H8BrN5OS. The summed E-state index contributed by atoms with van der Waals surface area (Å²) in [5.74, 6) is -0.137. The molecule has 100 valence electrons. The van der Waals surface area contributed by atoms with Gasteiger partial charge in [0.1, 0.15) is 6.33 Å². The van der Waals surface area contributed by atoms with Gasteiger partial charge < -0.3 is 5.32 Å². The molecule has 3 rings (SSSR count). The molecule has 1 aromatic carbocycles. The van der Waals surface area contributed by atoms with Gasteiger partial charge in [0.15, 0.2) is 0 Å². The molecule has 0 unspecified atom stereocenters. The van der Waals surface area contributed by atoms with E-state index in [1.807, 2.05) is 12.1 Å². The number of benzene rings is 1. The van der Waals surface area contributed by atoms with Crippen LogP contribution in [0.4, 0.5) is 5.69 Å². The first kappa shape index (κ1) is 12.9. The predicted octanol–water partition coefficient (Wildman–Crippen LogP) is 2.74. The molecular weight excluding hydrogens is 342 g/mol. The molecule has 2 aromatic heterocycles. The van der Waals surface area contributed by atoms with Gasteiger partial charge in [-0.1, -0.05) is 0 Å². The summed E-state index contributed by atoms with van der Waals surface area (Å²) in [5, 5.41) is 15.6. The number of carbonyl (C=O) groups is 1. The standard InChI is InChI=1S/C12H8BrN5OS/c13-11-5-8(6-20-11)12(19)15-9-1-3-10(4-2-9)18-7-14-16-17-18/h1-7H,(H,15,19). The molecule has 0 aliphatic carbocycles. The second kappa shape index (κ2) is 5.51. The van der Waals surface area contributed by atoms with Crippen molar-refractivity contribution < 1.29 is 4.79 Å². The lowest BCUT2D eigenvalue weighted by atomic mass is 10.2. The third-order valence-electron chi connectivity index (χ3n) is 2.57. The summed E-state index contributed by atoms with van der Waals surface area (Å²) in [6.45, 7) is 0. The zero-order chi connectivity index (χ0) is 13.9. The first-order valence-electron chi connectivity index (χ1n) is 5.61. The molecule has 0 fully saturated rings. The summed E-state index contributed by atoms with van der Waals surface area (Å²) in [4.78, 5) is 12.0. The van der Waals surface area contributed by atoms with Crippen LogP contribution in [0.25, 0.3) is 5.69 Å². The van der Waals surface area contributed by atoms with Gasteiger partial charge in [-0.05, 0) is 56.7 Å². The monoisotopic (exact) mass is 349 g/mol. The summed E-state index contributed by atoms with van der Waals surface area (Å²) < 4.78 is 2.47. The fourth-order valence-corrected chi connectivity index (χ4v) is 2.75. The quantitative estimate of drug-likeness (QED) is 0.788. The van der Waals surface area contributed by atoms with E-state index in [0.717, 1.165) is 9.47 Å². The highest BCUT2D eigenvalue weighted by Crippen LogP contribution is 2.21. The molecule has 0 aliphatic heterocycles. The molecule has 0 aliphatic rings. The third kappa shape index (κ3) is 2.75. The van der Waals surface area contributed by atoms with Crippen LogP contribution < -0.4 is 5.32 Å². The molecule has 1 amide bonds. The Balaban J connectivity index is 1.74. The van der Waals surface area contributed by atoms with Crippen molar-refractivity contribution in [1.29, 1.82) is 0 Å². The lowest BCUT2D eigenvalue weighted by Crippen LogP contribution is -2.10. The minimum Gasteiger partial charge on any atom is -0.322 e. The van der Waals surface area contributed by atoms with E-state index < -0.39 is 0 Å². The largest absolute Gasteiger partial charge is 0.322 e. The van der Waals surface area contributed by atoms with Crippen LogP contribution in [-0.4, -0.2) is 26.1 Å². The highest BCUT2D eigenvalue weighted by molar-refractivity contribution is 9.11. The van der Waals surface area contributed by atoms with E-state index in [2.05, 4.69) is 36.8 Å². The molecule has 0 saturated heterocycles. The second-order valence-corrected chi connectivity index (χ2v) is 6.19. The number of tetrazole rings is 1. The van der Waals surface area contributed by atoms with E-state index in [0.29, 0.717) is 11.3 Å². The Morgan fingerprint density at radius 1 is 1.30 bits per heavy atom. The zero-order valence-electron chi connectivity index (χ0n) is 10.0. The van der Waals surface area contributed by atoms with Crippen LogP contribution in [-0.2, 0) is 0 Å². The highest BCUT2D eigenvalue weighted by Gasteiger charge is 2.08. The lowest BCUT2D eigenvalue weighted by molar-refractivity contribution is 0.102. The Morgan fingerprint density at radius 3 is 2.70 bits per heavy atom. The van der Waals surface area contributed by atoms with Crippen LogP contribution >= 0.6 is 27.3 Å². The van der Waals surface area contributed by atoms with E-state index in [1.54, 1.807) is 28.3 Å². The fourth-order valence-electron chi connectivity index (χ4n) is 1.61. The Morgan fingerprint density at radius 2 is 2.10 bits per heavy atom. The Kier molecular flexibility index (Phi) is 3.57. The SMILES string of the molecule is O=C(Nc1ccc(-n2cnnn2)cc1)c1csc(Br)c1. The van der Waals surface area contributed by atoms with Gasteiger partial charge in [-0.2, -0.15) is 0 Å². The number of hydrogen-bond acceptors (Lipinski definition) is 5. The average molecular weight is 350 g/mol. The van der Waals surface area contributed by atoms with E-state index in [4.69, 9.17) is 0 Å². The van der Waals surface area contributed by atoms with E-state index in [-0.39, 0.29) is 5.91 Å². The van der Waals surface area contributed by atoms with Gasteiger partial charge in [0, 0.05) is 11.1 Å². The number of halogens is 1. The summed E-state index contributed by atoms with van der Waals surface area (Å²) in [6, 6.07) is 9.05. The Labute approximate surface area is 126 Å². The zero-order valence-corrected chi connectivity index (χ0v) is 12.4. The molecule has 2 heterocycles. The van der Waals surface area contributed by atoms with Crippen molar-refractivity contribution in [1.82, 2.24) is 20.2 Å². The molecule has 8 heteroatoms. The van der Waals surface area contributed by atoms with Crippen LogP contribution in [0.2, 0.25) is 0 Å². The number of rotatable bonds is 3. The van der Waals surface area contributed by atoms with Gasteiger partial charge >= 0.3 is 0 Å². The predicted molar refractivity (Wildman–Crippen MR) is 79.1 cm³/mol. The average Bonchev–Trinajstić information content (AvgIpc) is 3.10. The number of amides is 1. The number of carbonyl (C=O) groups excluding carboxylic acids is 1. The summed E-state index contributed by atoms with van der Waals surface area (Å²) in [6.07, 6.45) is 1.51. The van der Waals surface area contributed by atoms with Crippen molar-refractivity contribution in [3.05, 3.63) is 51.4 Å². The van der Waals surface area contributed by atoms with Gasteiger partial charge in [-0.15, -0.1) is 16.4 Å². The fraction of sp³-hybridized carbons (Fsp3) is 0. The molecule has 20 heavy (non-hydrogen) atoms. The minimum atomic E-state index is -0.137. The van der Waals surface area contributed by atoms with Crippen LogP contribution in [0.15, 0.2) is 45.8 Å². The second-order valence-electron chi connectivity index (χ2n) is 3.89. The van der Waals surface area contributed by atoms with Crippen molar-refractivity contribution in [2.24, 2.45) is 0 Å². The molecule has 0 saturated carbocycles. The number of hydrogen-bond donors (Lipinski definition) is 1. The van der Waals surface area contributed by atoms with Gasteiger partial charge in [0.05, 0.1) is 15.0 Å². The molecule has 0 spiro atoms. The maximum absolute atomic E-state index is 12.0. The maximum atomic E-state index is 12.0. The number of aromatic nitrogens is 4. The normalized spacial score (nSPS) is 10.4. The van der Waals surface area contributed by atoms with Crippen LogP contribution in [0.3, 0.4) is 0 Å². The van der Waals surface area contributed by atoms with Crippen molar-refractivity contribution in [3.8, 4) is 5.69 Å². The molecule has 1 N–H and O–H groups in total.